The Bertz CT molecular complexity index is 918. The van der Waals surface area contributed by atoms with Crippen molar-refractivity contribution >= 4 is 5.82 Å². The van der Waals surface area contributed by atoms with Crippen molar-refractivity contribution < 1.29 is 0 Å². The molecule has 0 spiro atoms. The monoisotopic (exact) mass is 349 g/mol. The second-order valence-corrected chi connectivity index (χ2v) is 6.91. The van der Waals surface area contributed by atoms with Crippen LogP contribution in [0, 0.1) is 19.8 Å². The third-order valence-corrected chi connectivity index (χ3v) is 5.04. The van der Waals surface area contributed by atoms with Gasteiger partial charge in [-0.3, -0.25) is 4.98 Å². The van der Waals surface area contributed by atoms with Gasteiger partial charge in [0.05, 0.1) is 23.8 Å². The summed E-state index contributed by atoms with van der Waals surface area (Å²) in [7, 11) is 2.00. The topological polar surface area (TPSA) is 72.6 Å². The van der Waals surface area contributed by atoms with Gasteiger partial charge in [-0.25, -0.2) is 19.9 Å². The van der Waals surface area contributed by atoms with Gasteiger partial charge in [-0.15, -0.1) is 0 Å². The summed E-state index contributed by atoms with van der Waals surface area (Å²) in [6.07, 6.45) is 9.44. The Kier molecular flexibility index (Phi) is 4.36. The van der Waals surface area contributed by atoms with Gasteiger partial charge in [0.2, 0.25) is 0 Å². The quantitative estimate of drug-likeness (QED) is 0.720. The smallest absolute Gasteiger partial charge is 0.132 e. The minimum absolute atomic E-state index is 0.558. The van der Waals surface area contributed by atoms with E-state index >= 15 is 0 Å². The first-order chi connectivity index (χ1) is 12.6. The van der Waals surface area contributed by atoms with Crippen molar-refractivity contribution in [3.63, 3.8) is 0 Å². The lowest BCUT2D eigenvalue weighted by Gasteiger charge is -2.17. The van der Waals surface area contributed by atoms with Crippen LogP contribution in [0.25, 0.3) is 11.4 Å². The second-order valence-electron chi connectivity index (χ2n) is 6.91. The molecule has 1 aliphatic heterocycles. The fraction of sp³-hybridized carbons (Fsp3) is 0.421. The third-order valence-electron chi connectivity index (χ3n) is 5.04. The lowest BCUT2D eigenvalue weighted by molar-refractivity contribution is 0.576. The molecule has 0 saturated carbocycles. The van der Waals surface area contributed by atoms with Gasteiger partial charge in [-0.2, -0.15) is 0 Å². The molecule has 1 atom stereocenters. The summed E-state index contributed by atoms with van der Waals surface area (Å²) in [5.41, 5.74) is 2.92. The average Bonchev–Trinajstić information content (AvgIpc) is 3.23. The molecule has 4 rings (SSSR count). The summed E-state index contributed by atoms with van der Waals surface area (Å²) in [5, 5.41) is 0. The van der Waals surface area contributed by atoms with Crippen LogP contribution in [0.3, 0.4) is 0 Å². The van der Waals surface area contributed by atoms with Crippen molar-refractivity contribution in [2.24, 2.45) is 13.0 Å². The molecule has 3 aromatic rings. The molecule has 0 N–H and O–H groups in total. The molecule has 0 aromatic carbocycles. The first kappa shape index (κ1) is 16.6. The molecule has 134 valence electrons. The first-order valence-electron chi connectivity index (χ1n) is 8.94. The molecule has 4 heterocycles. The molecule has 0 amide bonds. The molecule has 7 nitrogen and oxygen atoms in total. The number of aromatic nitrogens is 6. The van der Waals surface area contributed by atoms with Gasteiger partial charge in [-0.1, -0.05) is 0 Å². The van der Waals surface area contributed by atoms with E-state index in [1.807, 2.05) is 56.3 Å². The van der Waals surface area contributed by atoms with Crippen LogP contribution in [0.15, 0.2) is 30.9 Å². The maximum absolute atomic E-state index is 4.83. The van der Waals surface area contributed by atoms with Crippen molar-refractivity contribution in [3.05, 3.63) is 48.2 Å². The SMILES string of the molecule is Cc1nccc(N2CC[C@H](Cc3cncc(-c4cnc(C)n4C)n3)C2)n1. The second kappa shape index (κ2) is 6.82. The lowest BCUT2D eigenvalue weighted by Crippen LogP contribution is -2.21. The highest BCUT2D eigenvalue weighted by Crippen LogP contribution is 2.25. The van der Waals surface area contributed by atoms with Crippen LogP contribution in [0.2, 0.25) is 0 Å². The molecular weight excluding hydrogens is 326 g/mol. The van der Waals surface area contributed by atoms with Crippen molar-refractivity contribution in [3.8, 4) is 11.4 Å². The molecular formula is C19H23N7. The molecule has 0 aliphatic carbocycles. The van der Waals surface area contributed by atoms with Crippen LogP contribution >= 0.6 is 0 Å². The van der Waals surface area contributed by atoms with E-state index < -0.39 is 0 Å². The van der Waals surface area contributed by atoms with Crippen LogP contribution in [-0.4, -0.2) is 42.6 Å². The number of hydrogen-bond acceptors (Lipinski definition) is 6. The van der Waals surface area contributed by atoms with Gasteiger partial charge >= 0.3 is 0 Å². The Morgan fingerprint density at radius 3 is 2.77 bits per heavy atom. The molecule has 3 aromatic heterocycles. The van der Waals surface area contributed by atoms with E-state index in [0.29, 0.717) is 5.92 Å². The standard InChI is InChI=1S/C19H23N7/c1-13-21-6-4-19(23-13)26-7-5-15(12-26)8-16-9-20-10-17(24-16)18-11-22-14(2)25(18)3/h4,6,9-11,15H,5,7-8,12H2,1-3H3/t15-/m1/s1. The molecule has 26 heavy (non-hydrogen) atoms. The van der Waals surface area contributed by atoms with Crippen LogP contribution in [0.5, 0.6) is 0 Å². The molecule has 1 saturated heterocycles. The summed E-state index contributed by atoms with van der Waals surface area (Å²) in [4.78, 5) is 24.6. The molecule has 0 unspecified atom stereocenters. The van der Waals surface area contributed by atoms with Crippen molar-refractivity contribution in [1.82, 2.24) is 29.5 Å². The summed E-state index contributed by atoms with van der Waals surface area (Å²) in [5.74, 6) is 3.36. The predicted octanol–water partition coefficient (Wildman–Crippen LogP) is 2.35. The van der Waals surface area contributed by atoms with Crippen molar-refractivity contribution in [1.29, 1.82) is 0 Å². The number of anilines is 1. The zero-order valence-electron chi connectivity index (χ0n) is 15.4. The summed E-state index contributed by atoms with van der Waals surface area (Å²) < 4.78 is 2.04. The van der Waals surface area contributed by atoms with Gasteiger partial charge in [-0.05, 0) is 38.7 Å². The van der Waals surface area contributed by atoms with Crippen molar-refractivity contribution in [2.45, 2.75) is 26.7 Å². The Labute approximate surface area is 153 Å². The average molecular weight is 349 g/mol. The largest absolute Gasteiger partial charge is 0.356 e. The summed E-state index contributed by atoms with van der Waals surface area (Å²) in [6, 6.07) is 1.99. The van der Waals surface area contributed by atoms with E-state index in [1.165, 1.54) is 0 Å². The number of hydrogen-bond donors (Lipinski definition) is 0. The molecule has 7 heteroatoms. The zero-order valence-corrected chi connectivity index (χ0v) is 15.4. The maximum atomic E-state index is 4.83. The first-order valence-corrected chi connectivity index (χ1v) is 8.94. The van der Waals surface area contributed by atoms with Gasteiger partial charge < -0.3 is 9.47 Å². The summed E-state index contributed by atoms with van der Waals surface area (Å²) in [6.45, 7) is 5.93. The molecule has 1 fully saturated rings. The van der Waals surface area contributed by atoms with Crippen LogP contribution in [0.4, 0.5) is 5.82 Å². The summed E-state index contributed by atoms with van der Waals surface area (Å²) >= 11 is 0. The van der Waals surface area contributed by atoms with E-state index in [4.69, 9.17) is 4.98 Å². The van der Waals surface area contributed by atoms with E-state index in [1.54, 1.807) is 0 Å². The van der Waals surface area contributed by atoms with E-state index in [9.17, 15) is 0 Å². The predicted molar refractivity (Wildman–Crippen MR) is 99.8 cm³/mol. The number of nitrogens with zero attached hydrogens (tertiary/aromatic N) is 7. The zero-order chi connectivity index (χ0) is 18.1. The number of imidazole rings is 1. The maximum Gasteiger partial charge on any atom is 0.132 e. The minimum atomic E-state index is 0.558. The van der Waals surface area contributed by atoms with Crippen LogP contribution in [-0.2, 0) is 13.5 Å². The Morgan fingerprint density at radius 1 is 1.12 bits per heavy atom. The van der Waals surface area contributed by atoms with Gasteiger partial charge in [0, 0.05) is 32.5 Å². The third kappa shape index (κ3) is 3.29. The van der Waals surface area contributed by atoms with Gasteiger partial charge in [0.15, 0.2) is 0 Å². The lowest BCUT2D eigenvalue weighted by atomic mass is 10.0. The Balaban J connectivity index is 1.47. The molecule has 1 aliphatic rings. The van der Waals surface area contributed by atoms with Crippen LogP contribution < -0.4 is 4.90 Å². The van der Waals surface area contributed by atoms with Gasteiger partial charge in [0.1, 0.15) is 23.2 Å². The molecule has 0 bridgehead atoms. The van der Waals surface area contributed by atoms with Crippen LogP contribution in [0.1, 0.15) is 23.8 Å². The fourth-order valence-corrected chi connectivity index (χ4v) is 3.49. The van der Waals surface area contributed by atoms with Crippen molar-refractivity contribution in [2.75, 3.05) is 18.0 Å². The van der Waals surface area contributed by atoms with E-state index in [-0.39, 0.29) is 0 Å². The Morgan fingerprint density at radius 2 is 2.00 bits per heavy atom. The minimum Gasteiger partial charge on any atom is -0.356 e. The fourth-order valence-electron chi connectivity index (χ4n) is 3.49. The number of rotatable bonds is 4. The normalized spacial score (nSPS) is 17.0. The van der Waals surface area contributed by atoms with Gasteiger partial charge in [0.25, 0.3) is 0 Å². The highest BCUT2D eigenvalue weighted by Gasteiger charge is 2.24. The molecule has 0 radical (unpaired) electrons. The Hall–Kier alpha value is -2.83. The number of aryl methyl sites for hydroxylation is 2. The van der Waals surface area contributed by atoms with E-state index in [2.05, 4.69) is 24.8 Å². The highest BCUT2D eigenvalue weighted by molar-refractivity contribution is 5.53. The van der Waals surface area contributed by atoms with E-state index in [0.717, 1.165) is 60.5 Å². The highest BCUT2D eigenvalue weighted by atomic mass is 15.2.